The van der Waals surface area contributed by atoms with Crippen molar-refractivity contribution in [2.75, 3.05) is 17.8 Å². The lowest BCUT2D eigenvalue weighted by atomic mass is 10.0. The summed E-state index contributed by atoms with van der Waals surface area (Å²) in [7, 11) is -3.59. The van der Waals surface area contributed by atoms with Gasteiger partial charge in [0, 0.05) is 23.1 Å². The molecule has 0 unspecified atom stereocenters. The zero-order valence-corrected chi connectivity index (χ0v) is 14.9. The van der Waals surface area contributed by atoms with Crippen molar-refractivity contribution in [3.05, 3.63) is 28.2 Å². The first-order chi connectivity index (χ1) is 9.79. The summed E-state index contributed by atoms with van der Waals surface area (Å²) in [4.78, 5) is 0.160. The molecule has 0 amide bonds. The van der Waals surface area contributed by atoms with Crippen molar-refractivity contribution in [2.24, 2.45) is 11.7 Å². The second kappa shape index (κ2) is 6.60. The van der Waals surface area contributed by atoms with Gasteiger partial charge in [0.2, 0.25) is 0 Å². The Morgan fingerprint density at radius 3 is 2.62 bits per heavy atom. The first-order valence-corrected chi connectivity index (χ1v) is 9.31. The van der Waals surface area contributed by atoms with Gasteiger partial charge in [0.25, 0.3) is 0 Å². The Balaban J connectivity index is 2.24. The minimum absolute atomic E-state index is 0.160. The smallest absolute Gasteiger partial charge is 0.301 e. The summed E-state index contributed by atoms with van der Waals surface area (Å²) >= 11 is 8.29. The number of benzene rings is 1. The average Bonchev–Trinajstić information content (AvgIpc) is 2.38. The molecule has 1 heterocycles. The predicted molar refractivity (Wildman–Crippen MR) is 92.5 cm³/mol. The van der Waals surface area contributed by atoms with Gasteiger partial charge in [-0.1, -0.05) is 35.1 Å². The van der Waals surface area contributed by atoms with Crippen LogP contribution in [-0.2, 0) is 10.2 Å². The highest BCUT2D eigenvalue weighted by Crippen LogP contribution is 2.25. The maximum atomic E-state index is 12.5. The Hall–Kier alpha value is -0.700. The van der Waals surface area contributed by atoms with Crippen molar-refractivity contribution >= 4 is 49.0 Å². The van der Waals surface area contributed by atoms with Crippen molar-refractivity contribution in [3.63, 3.8) is 0 Å². The van der Waals surface area contributed by atoms with Crippen LogP contribution in [0, 0.1) is 5.92 Å². The molecule has 116 valence electrons. The molecule has 1 aromatic carbocycles. The molecule has 0 aromatic heterocycles. The van der Waals surface area contributed by atoms with Crippen molar-refractivity contribution in [1.29, 1.82) is 0 Å². The zero-order valence-electron chi connectivity index (χ0n) is 11.7. The SMILES string of the molecule is CC1CCN(S(=O)(=O)Nc2cc(Br)ccc2C(N)=S)CC1. The molecule has 0 atom stereocenters. The molecule has 5 nitrogen and oxygen atoms in total. The van der Waals surface area contributed by atoms with Crippen molar-refractivity contribution in [1.82, 2.24) is 4.31 Å². The van der Waals surface area contributed by atoms with Gasteiger partial charge in [0.05, 0.1) is 5.69 Å². The summed E-state index contributed by atoms with van der Waals surface area (Å²) in [5, 5.41) is 0. The van der Waals surface area contributed by atoms with E-state index in [9.17, 15) is 8.42 Å². The number of nitrogens with zero attached hydrogens (tertiary/aromatic N) is 1. The number of hydrogen-bond donors (Lipinski definition) is 2. The fraction of sp³-hybridized carbons (Fsp3) is 0.462. The molecule has 2 rings (SSSR count). The first kappa shape index (κ1) is 16.7. The second-order valence-corrected chi connectivity index (χ2v) is 8.27. The number of nitrogens with two attached hydrogens (primary N) is 1. The van der Waals surface area contributed by atoms with E-state index < -0.39 is 10.2 Å². The lowest BCUT2D eigenvalue weighted by molar-refractivity contribution is 0.289. The number of halogens is 1. The van der Waals surface area contributed by atoms with Crippen LogP contribution in [0.5, 0.6) is 0 Å². The molecule has 1 fully saturated rings. The Labute approximate surface area is 139 Å². The van der Waals surface area contributed by atoms with Gasteiger partial charge >= 0.3 is 10.2 Å². The summed E-state index contributed by atoms with van der Waals surface area (Å²) in [5.74, 6) is 0.564. The van der Waals surface area contributed by atoms with E-state index in [2.05, 4.69) is 27.6 Å². The molecule has 21 heavy (non-hydrogen) atoms. The van der Waals surface area contributed by atoms with Gasteiger partial charge in [-0.25, -0.2) is 0 Å². The Bertz CT molecular complexity index is 641. The van der Waals surface area contributed by atoms with Gasteiger partial charge in [-0.3, -0.25) is 4.72 Å². The highest BCUT2D eigenvalue weighted by Gasteiger charge is 2.27. The number of piperidine rings is 1. The molecular weight excluding hydrogens is 374 g/mol. The van der Waals surface area contributed by atoms with Crippen molar-refractivity contribution < 1.29 is 8.42 Å². The molecule has 0 aliphatic carbocycles. The number of thiocarbonyl (C=S) groups is 1. The van der Waals surface area contributed by atoms with Crippen LogP contribution in [0.15, 0.2) is 22.7 Å². The van der Waals surface area contributed by atoms with E-state index >= 15 is 0 Å². The Kier molecular flexibility index (Phi) is 5.24. The lowest BCUT2D eigenvalue weighted by Crippen LogP contribution is -2.41. The van der Waals surface area contributed by atoms with Crippen molar-refractivity contribution in [2.45, 2.75) is 19.8 Å². The molecule has 0 bridgehead atoms. The first-order valence-electron chi connectivity index (χ1n) is 6.67. The molecule has 3 N–H and O–H groups in total. The van der Waals surface area contributed by atoms with Gasteiger partial charge < -0.3 is 5.73 Å². The molecule has 1 saturated heterocycles. The van der Waals surface area contributed by atoms with E-state index in [-0.39, 0.29) is 4.99 Å². The van der Waals surface area contributed by atoms with E-state index in [1.54, 1.807) is 18.2 Å². The minimum atomic E-state index is -3.59. The maximum Gasteiger partial charge on any atom is 0.301 e. The summed E-state index contributed by atoms with van der Waals surface area (Å²) in [5.41, 5.74) is 6.56. The molecule has 0 radical (unpaired) electrons. The van der Waals surface area contributed by atoms with E-state index in [4.69, 9.17) is 18.0 Å². The molecule has 1 aliphatic rings. The van der Waals surface area contributed by atoms with Crippen LogP contribution in [0.1, 0.15) is 25.3 Å². The fourth-order valence-electron chi connectivity index (χ4n) is 2.24. The van der Waals surface area contributed by atoms with E-state index in [0.717, 1.165) is 17.3 Å². The third-order valence-corrected chi connectivity index (χ3v) is 5.80. The van der Waals surface area contributed by atoms with Gasteiger partial charge in [0.15, 0.2) is 0 Å². The molecule has 8 heteroatoms. The number of hydrogen-bond acceptors (Lipinski definition) is 3. The van der Waals surface area contributed by atoms with Crippen LogP contribution in [-0.4, -0.2) is 30.8 Å². The third kappa shape index (κ3) is 4.15. The topological polar surface area (TPSA) is 75.4 Å². The second-order valence-electron chi connectivity index (χ2n) is 5.24. The monoisotopic (exact) mass is 391 g/mol. The summed E-state index contributed by atoms with van der Waals surface area (Å²) in [6.45, 7) is 3.20. The summed E-state index contributed by atoms with van der Waals surface area (Å²) < 4.78 is 29.7. The van der Waals surface area contributed by atoms with Crippen LogP contribution >= 0.6 is 28.1 Å². The number of anilines is 1. The average molecular weight is 392 g/mol. The van der Waals surface area contributed by atoms with Crippen LogP contribution in [0.4, 0.5) is 5.69 Å². The highest BCUT2D eigenvalue weighted by molar-refractivity contribution is 9.10. The lowest BCUT2D eigenvalue weighted by Gasteiger charge is -2.29. The van der Waals surface area contributed by atoms with Gasteiger partial charge in [-0.05, 0) is 37.0 Å². The normalized spacial score (nSPS) is 17.6. The van der Waals surface area contributed by atoms with Crippen LogP contribution in [0.3, 0.4) is 0 Å². The Morgan fingerprint density at radius 1 is 1.43 bits per heavy atom. The fourth-order valence-corrected chi connectivity index (χ4v) is 4.05. The summed E-state index contributed by atoms with van der Waals surface area (Å²) in [6.07, 6.45) is 1.75. The van der Waals surface area contributed by atoms with Crippen LogP contribution in [0.2, 0.25) is 0 Å². The maximum absolute atomic E-state index is 12.5. The van der Waals surface area contributed by atoms with E-state index in [1.807, 2.05) is 0 Å². The molecular formula is C13H18BrN3O2S2. The van der Waals surface area contributed by atoms with Gasteiger partial charge in [-0.15, -0.1) is 0 Å². The quantitative estimate of drug-likeness (QED) is 0.772. The third-order valence-electron chi connectivity index (χ3n) is 3.57. The molecule has 0 saturated carbocycles. The van der Waals surface area contributed by atoms with Gasteiger partial charge in [0.1, 0.15) is 4.99 Å². The van der Waals surface area contributed by atoms with Crippen LogP contribution < -0.4 is 10.5 Å². The Morgan fingerprint density at radius 2 is 2.05 bits per heavy atom. The zero-order chi connectivity index (χ0) is 15.6. The van der Waals surface area contributed by atoms with Crippen LogP contribution in [0.25, 0.3) is 0 Å². The van der Waals surface area contributed by atoms with E-state index in [1.165, 1.54) is 4.31 Å². The predicted octanol–water partition coefficient (Wildman–Crippen LogP) is 2.47. The number of nitrogens with one attached hydrogen (secondary N) is 1. The van der Waals surface area contributed by atoms with E-state index in [0.29, 0.717) is 30.3 Å². The minimum Gasteiger partial charge on any atom is -0.389 e. The molecule has 0 spiro atoms. The van der Waals surface area contributed by atoms with Gasteiger partial charge in [-0.2, -0.15) is 12.7 Å². The summed E-state index contributed by atoms with van der Waals surface area (Å²) in [6, 6.07) is 5.13. The molecule has 1 aliphatic heterocycles. The number of rotatable bonds is 4. The standard InChI is InChI=1S/C13H18BrN3O2S2/c1-9-4-6-17(7-5-9)21(18,19)16-12-8-10(14)2-3-11(12)13(15)20/h2-3,8-9,16H,4-7H2,1H3,(H2,15,20). The highest BCUT2D eigenvalue weighted by atomic mass is 79.9. The largest absolute Gasteiger partial charge is 0.389 e. The molecule has 1 aromatic rings. The van der Waals surface area contributed by atoms with Crippen molar-refractivity contribution in [3.8, 4) is 0 Å².